The lowest BCUT2D eigenvalue weighted by atomic mass is 9.79. The zero-order valence-electron chi connectivity index (χ0n) is 15.4. The van der Waals surface area contributed by atoms with Gasteiger partial charge in [0.1, 0.15) is 0 Å². The first kappa shape index (κ1) is 17.5. The van der Waals surface area contributed by atoms with Crippen LogP contribution >= 0.6 is 0 Å². The van der Waals surface area contributed by atoms with Crippen LogP contribution in [0.15, 0.2) is 59.1 Å². The SMILES string of the molecule is Cc1ccc(-c2noc(COC(=O)C3(c4ccccc4)CCCC3)n2)cc1. The first-order valence-corrected chi connectivity index (χ1v) is 9.30. The van der Waals surface area contributed by atoms with Crippen molar-refractivity contribution in [2.45, 2.75) is 44.6 Å². The Labute approximate surface area is 158 Å². The maximum absolute atomic E-state index is 12.9. The Morgan fingerprint density at radius 3 is 2.48 bits per heavy atom. The third-order valence-corrected chi connectivity index (χ3v) is 5.28. The van der Waals surface area contributed by atoms with E-state index in [-0.39, 0.29) is 12.6 Å². The molecule has 0 radical (unpaired) electrons. The lowest BCUT2D eigenvalue weighted by Gasteiger charge is -2.26. The molecule has 0 aliphatic heterocycles. The lowest BCUT2D eigenvalue weighted by molar-refractivity contribution is -0.152. The van der Waals surface area contributed by atoms with E-state index in [2.05, 4.69) is 10.1 Å². The molecule has 0 N–H and O–H groups in total. The summed E-state index contributed by atoms with van der Waals surface area (Å²) in [6.45, 7) is 2.02. The highest BCUT2D eigenvalue weighted by atomic mass is 16.6. The second-order valence-corrected chi connectivity index (χ2v) is 7.11. The molecule has 0 spiro atoms. The number of ether oxygens (including phenoxy) is 1. The van der Waals surface area contributed by atoms with Gasteiger partial charge in [-0.05, 0) is 25.3 Å². The molecular weight excluding hydrogens is 340 g/mol. The molecular formula is C22H22N2O3. The minimum atomic E-state index is -0.554. The Kier molecular flexibility index (Phi) is 4.75. The van der Waals surface area contributed by atoms with Gasteiger partial charge in [0.2, 0.25) is 5.82 Å². The molecule has 138 valence electrons. The van der Waals surface area contributed by atoms with Crippen LogP contribution in [0.1, 0.15) is 42.7 Å². The van der Waals surface area contributed by atoms with Gasteiger partial charge in [-0.2, -0.15) is 4.98 Å². The van der Waals surface area contributed by atoms with Crippen LogP contribution < -0.4 is 0 Å². The van der Waals surface area contributed by atoms with E-state index in [9.17, 15) is 4.79 Å². The molecule has 5 nitrogen and oxygen atoms in total. The van der Waals surface area contributed by atoms with Crippen LogP contribution in [-0.2, 0) is 21.6 Å². The van der Waals surface area contributed by atoms with E-state index in [0.717, 1.165) is 36.8 Å². The van der Waals surface area contributed by atoms with Gasteiger partial charge in [-0.3, -0.25) is 4.79 Å². The van der Waals surface area contributed by atoms with Gasteiger partial charge in [-0.1, -0.05) is 78.2 Å². The minimum absolute atomic E-state index is 0.00766. The summed E-state index contributed by atoms with van der Waals surface area (Å²) < 4.78 is 10.9. The summed E-state index contributed by atoms with van der Waals surface area (Å²) in [5.41, 5.74) is 2.51. The number of esters is 1. The van der Waals surface area contributed by atoms with Crippen molar-refractivity contribution in [1.29, 1.82) is 0 Å². The lowest BCUT2D eigenvalue weighted by Crippen LogP contribution is -2.34. The van der Waals surface area contributed by atoms with Crippen molar-refractivity contribution in [3.63, 3.8) is 0 Å². The molecule has 0 saturated heterocycles. The number of nitrogens with zero attached hydrogens (tertiary/aromatic N) is 2. The monoisotopic (exact) mass is 362 g/mol. The van der Waals surface area contributed by atoms with Gasteiger partial charge in [0.05, 0.1) is 5.41 Å². The van der Waals surface area contributed by atoms with Gasteiger partial charge < -0.3 is 9.26 Å². The van der Waals surface area contributed by atoms with E-state index in [1.54, 1.807) is 0 Å². The molecule has 3 aromatic rings. The van der Waals surface area contributed by atoms with E-state index >= 15 is 0 Å². The average molecular weight is 362 g/mol. The highest BCUT2D eigenvalue weighted by molar-refractivity contribution is 5.83. The molecule has 1 saturated carbocycles. The molecule has 0 amide bonds. The fraction of sp³-hybridized carbons (Fsp3) is 0.318. The summed E-state index contributed by atoms with van der Waals surface area (Å²) in [6.07, 6.45) is 3.69. The van der Waals surface area contributed by atoms with Crippen LogP contribution in [0, 0.1) is 6.92 Å². The minimum Gasteiger partial charge on any atom is -0.455 e. The van der Waals surface area contributed by atoms with Crippen LogP contribution in [0.3, 0.4) is 0 Å². The van der Waals surface area contributed by atoms with Crippen molar-refractivity contribution < 1.29 is 14.1 Å². The second-order valence-electron chi connectivity index (χ2n) is 7.11. The molecule has 5 heteroatoms. The summed E-state index contributed by atoms with van der Waals surface area (Å²) >= 11 is 0. The molecule has 0 atom stereocenters. The quantitative estimate of drug-likeness (QED) is 0.621. The van der Waals surface area contributed by atoms with Crippen molar-refractivity contribution in [3.05, 3.63) is 71.6 Å². The number of hydrogen-bond donors (Lipinski definition) is 0. The number of benzene rings is 2. The van der Waals surface area contributed by atoms with Crippen molar-refractivity contribution in [1.82, 2.24) is 10.1 Å². The zero-order chi connectivity index (χ0) is 18.7. The van der Waals surface area contributed by atoms with Gasteiger partial charge in [-0.25, -0.2) is 0 Å². The van der Waals surface area contributed by atoms with Crippen LogP contribution in [-0.4, -0.2) is 16.1 Å². The number of aryl methyl sites for hydroxylation is 1. The summed E-state index contributed by atoms with van der Waals surface area (Å²) in [4.78, 5) is 17.3. The molecule has 2 aromatic carbocycles. The Bertz CT molecular complexity index is 910. The average Bonchev–Trinajstić information content (AvgIpc) is 3.38. The van der Waals surface area contributed by atoms with E-state index in [1.165, 1.54) is 5.56 Å². The largest absolute Gasteiger partial charge is 0.455 e. The van der Waals surface area contributed by atoms with E-state index in [1.807, 2.05) is 61.5 Å². The van der Waals surface area contributed by atoms with E-state index in [4.69, 9.17) is 9.26 Å². The first-order valence-electron chi connectivity index (χ1n) is 9.30. The summed E-state index contributed by atoms with van der Waals surface area (Å²) in [5.74, 6) is 0.598. The number of aromatic nitrogens is 2. The molecule has 1 heterocycles. The fourth-order valence-corrected chi connectivity index (χ4v) is 3.75. The molecule has 1 aromatic heterocycles. The van der Waals surface area contributed by atoms with Gasteiger partial charge in [0.25, 0.3) is 5.89 Å². The van der Waals surface area contributed by atoms with Crippen molar-refractivity contribution in [2.24, 2.45) is 0 Å². The zero-order valence-corrected chi connectivity index (χ0v) is 15.4. The van der Waals surface area contributed by atoms with Crippen LogP contribution in [0.25, 0.3) is 11.4 Å². The summed E-state index contributed by atoms with van der Waals surface area (Å²) in [6, 6.07) is 17.8. The number of rotatable bonds is 5. The van der Waals surface area contributed by atoms with Crippen LogP contribution in [0.2, 0.25) is 0 Å². The fourth-order valence-electron chi connectivity index (χ4n) is 3.75. The smallest absolute Gasteiger partial charge is 0.317 e. The van der Waals surface area contributed by atoms with Gasteiger partial charge in [-0.15, -0.1) is 0 Å². The van der Waals surface area contributed by atoms with Gasteiger partial charge >= 0.3 is 5.97 Å². The molecule has 4 rings (SSSR count). The molecule has 0 unspecified atom stereocenters. The van der Waals surface area contributed by atoms with Gasteiger partial charge in [0.15, 0.2) is 6.61 Å². The van der Waals surface area contributed by atoms with Crippen molar-refractivity contribution >= 4 is 5.97 Å². The standard InChI is InChI=1S/C22H22N2O3/c1-16-9-11-17(12-10-16)20-23-19(27-24-20)15-26-21(25)22(13-5-6-14-22)18-7-3-2-4-8-18/h2-4,7-12H,5-6,13-15H2,1H3. The van der Waals surface area contributed by atoms with E-state index in [0.29, 0.717) is 11.7 Å². The Balaban J connectivity index is 1.47. The van der Waals surface area contributed by atoms with Crippen LogP contribution in [0.5, 0.6) is 0 Å². The maximum atomic E-state index is 12.9. The number of carbonyl (C=O) groups is 1. The van der Waals surface area contributed by atoms with Gasteiger partial charge in [0, 0.05) is 5.56 Å². The number of hydrogen-bond acceptors (Lipinski definition) is 5. The van der Waals surface area contributed by atoms with E-state index < -0.39 is 5.41 Å². The number of carbonyl (C=O) groups excluding carboxylic acids is 1. The first-order chi connectivity index (χ1) is 13.2. The Morgan fingerprint density at radius 2 is 1.78 bits per heavy atom. The maximum Gasteiger partial charge on any atom is 0.317 e. The third-order valence-electron chi connectivity index (χ3n) is 5.28. The molecule has 27 heavy (non-hydrogen) atoms. The highest BCUT2D eigenvalue weighted by Gasteiger charge is 2.44. The Hall–Kier alpha value is -2.95. The molecule has 1 aliphatic carbocycles. The third kappa shape index (κ3) is 3.50. The second kappa shape index (κ2) is 7.35. The van der Waals surface area contributed by atoms with Crippen molar-refractivity contribution in [2.75, 3.05) is 0 Å². The topological polar surface area (TPSA) is 65.2 Å². The predicted molar refractivity (Wildman–Crippen MR) is 101 cm³/mol. The summed E-state index contributed by atoms with van der Waals surface area (Å²) in [7, 11) is 0. The van der Waals surface area contributed by atoms with Crippen molar-refractivity contribution in [3.8, 4) is 11.4 Å². The summed E-state index contributed by atoms with van der Waals surface area (Å²) in [5, 5.41) is 3.99. The predicted octanol–water partition coefficient (Wildman–Crippen LogP) is 4.60. The highest BCUT2D eigenvalue weighted by Crippen LogP contribution is 2.42. The molecule has 1 fully saturated rings. The van der Waals surface area contributed by atoms with Crippen LogP contribution in [0.4, 0.5) is 0 Å². The molecule has 1 aliphatic rings. The molecule has 0 bridgehead atoms. The Morgan fingerprint density at radius 1 is 1.07 bits per heavy atom. The normalized spacial score (nSPS) is 15.6.